The second kappa shape index (κ2) is 12.1. The molecule has 3 aliphatic rings. The first kappa shape index (κ1) is 34.0. The van der Waals surface area contributed by atoms with Crippen molar-refractivity contribution in [1.82, 2.24) is 19.2 Å². The number of piperidine rings is 2. The van der Waals surface area contributed by atoms with E-state index in [-0.39, 0.29) is 47.0 Å². The average molecular weight is 722 g/mol. The number of aromatic nitrogens is 2. The molecule has 0 spiro atoms. The lowest BCUT2D eigenvalue weighted by Crippen LogP contribution is -2.44. The molecule has 4 heterocycles. The summed E-state index contributed by atoms with van der Waals surface area (Å²) in [6, 6.07) is 10.4. The van der Waals surface area contributed by atoms with E-state index in [1.807, 2.05) is 32.0 Å². The minimum absolute atomic E-state index is 0.00669. The van der Waals surface area contributed by atoms with Crippen molar-refractivity contribution < 1.29 is 37.1 Å². The van der Waals surface area contributed by atoms with Gasteiger partial charge >= 0.3 is 15.9 Å². The van der Waals surface area contributed by atoms with Crippen molar-refractivity contribution in [3.63, 3.8) is 0 Å². The van der Waals surface area contributed by atoms with E-state index in [4.69, 9.17) is 0 Å². The van der Waals surface area contributed by atoms with Gasteiger partial charge in [-0.1, -0.05) is 13.8 Å². The molecule has 1 atom stereocenters. The highest BCUT2D eigenvalue weighted by molar-refractivity contribution is 7.92. The van der Waals surface area contributed by atoms with Crippen LogP contribution in [-0.2, 0) is 36.4 Å². The van der Waals surface area contributed by atoms with Crippen LogP contribution in [0.4, 0.5) is 21.5 Å². The number of nitrogens with zero attached hydrogens (tertiary/aromatic N) is 4. The van der Waals surface area contributed by atoms with E-state index in [0.717, 1.165) is 5.69 Å². The SMILES string of the molecule is Cn1c(=O)n(C2CCC(=O)NC2=O)c2ccc(N3CCC(C(C)(C)C(=O)Nc4ccc5c(F)c(N6CC(=O)NS6(=O)=O)c(O)cc5c4)CC3)cc21. The Morgan fingerprint density at radius 3 is 2.37 bits per heavy atom. The number of aromatic hydroxyl groups is 1. The number of phenols is 1. The number of carbonyl (C=O) groups excluding carboxylic acids is 4. The van der Waals surface area contributed by atoms with Gasteiger partial charge < -0.3 is 15.3 Å². The van der Waals surface area contributed by atoms with Gasteiger partial charge in [0.25, 0.3) is 5.91 Å². The van der Waals surface area contributed by atoms with Gasteiger partial charge in [-0.05, 0) is 73.0 Å². The summed E-state index contributed by atoms with van der Waals surface area (Å²) in [7, 11) is -2.70. The third-order valence-electron chi connectivity index (χ3n) is 10.4. The van der Waals surface area contributed by atoms with Gasteiger partial charge in [-0.2, -0.15) is 8.42 Å². The first-order valence-corrected chi connectivity index (χ1v) is 17.9. The molecule has 1 unspecified atom stereocenters. The molecule has 0 aliphatic carbocycles. The molecule has 17 heteroatoms. The number of fused-ring (bicyclic) bond motifs is 2. The number of imide groups is 1. The molecule has 3 fully saturated rings. The first-order chi connectivity index (χ1) is 24.1. The summed E-state index contributed by atoms with van der Waals surface area (Å²) >= 11 is 0. The number of carbonyl (C=O) groups is 4. The van der Waals surface area contributed by atoms with Crippen molar-refractivity contribution in [2.75, 3.05) is 34.2 Å². The van der Waals surface area contributed by atoms with Crippen molar-refractivity contribution in [2.24, 2.45) is 18.4 Å². The van der Waals surface area contributed by atoms with Gasteiger partial charge in [-0.25, -0.2) is 18.2 Å². The van der Waals surface area contributed by atoms with Crippen LogP contribution in [-0.4, -0.2) is 65.9 Å². The molecule has 0 radical (unpaired) electrons. The zero-order valence-corrected chi connectivity index (χ0v) is 28.8. The zero-order chi connectivity index (χ0) is 36.6. The zero-order valence-electron chi connectivity index (χ0n) is 28.0. The molecule has 3 saturated heterocycles. The van der Waals surface area contributed by atoms with Gasteiger partial charge in [0.05, 0.1) is 11.0 Å². The summed E-state index contributed by atoms with van der Waals surface area (Å²) < 4.78 is 45.2. The average Bonchev–Trinajstić information content (AvgIpc) is 3.49. The van der Waals surface area contributed by atoms with Crippen molar-refractivity contribution in [2.45, 2.75) is 45.6 Å². The van der Waals surface area contributed by atoms with Crippen LogP contribution in [0.5, 0.6) is 5.75 Å². The first-order valence-electron chi connectivity index (χ1n) is 16.5. The van der Waals surface area contributed by atoms with Crippen LogP contribution in [0.1, 0.15) is 45.6 Å². The van der Waals surface area contributed by atoms with E-state index >= 15 is 4.39 Å². The van der Waals surface area contributed by atoms with Crippen molar-refractivity contribution in [3.05, 3.63) is 58.8 Å². The number of hydrogen-bond acceptors (Lipinski definition) is 9. The van der Waals surface area contributed by atoms with E-state index in [0.29, 0.717) is 47.0 Å². The third-order valence-corrected chi connectivity index (χ3v) is 11.8. The predicted molar refractivity (Wildman–Crippen MR) is 186 cm³/mol. The van der Waals surface area contributed by atoms with E-state index in [9.17, 15) is 37.5 Å². The fourth-order valence-corrected chi connectivity index (χ4v) is 8.58. The molecule has 3 aromatic carbocycles. The smallest absolute Gasteiger partial charge is 0.329 e. The summed E-state index contributed by atoms with van der Waals surface area (Å²) in [5, 5.41) is 16.0. The molecule has 0 saturated carbocycles. The van der Waals surface area contributed by atoms with Crippen molar-refractivity contribution >= 4 is 72.7 Å². The quantitative estimate of drug-likeness (QED) is 0.217. The van der Waals surface area contributed by atoms with Gasteiger partial charge in [0.15, 0.2) is 5.82 Å². The molecular formula is C34H36FN7O8S. The summed E-state index contributed by atoms with van der Waals surface area (Å²) in [6.45, 7) is 4.37. The number of phenolic OH excluding ortho intramolecular Hbond substituents is 1. The Morgan fingerprint density at radius 2 is 1.71 bits per heavy atom. The van der Waals surface area contributed by atoms with Crippen LogP contribution in [0, 0.1) is 17.2 Å². The van der Waals surface area contributed by atoms with E-state index in [2.05, 4.69) is 15.5 Å². The van der Waals surface area contributed by atoms with Crippen LogP contribution < -0.4 is 30.3 Å². The topological polar surface area (TPSA) is 192 Å². The fourth-order valence-electron chi connectivity index (χ4n) is 7.41. The Hall–Kier alpha value is -5.45. The summed E-state index contributed by atoms with van der Waals surface area (Å²) in [5.41, 5.74) is 0.756. The Morgan fingerprint density at radius 1 is 0.980 bits per heavy atom. The van der Waals surface area contributed by atoms with Gasteiger partial charge in [0.2, 0.25) is 17.7 Å². The Kier molecular flexibility index (Phi) is 8.07. The normalized spacial score (nSPS) is 19.8. The Balaban J connectivity index is 1.04. The molecular weight excluding hydrogens is 685 g/mol. The molecule has 51 heavy (non-hydrogen) atoms. The van der Waals surface area contributed by atoms with Crippen LogP contribution in [0.3, 0.4) is 0 Å². The molecule has 4 N–H and O–H groups in total. The second-order valence-corrected chi connectivity index (χ2v) is 15.4. The monoisotopic (exact) mass is 721 g/mol. The lowest BCUT2D eigenvalue weighted by atomic mass is 9.73. The maximum atomic E-state index is 15.5. The number of hydrogen-bond donors (Lipinski definition) is 4. The van der Waals surface area contributed by atoms with E-state index < -0.39 is 57.3 Å². The van der Waals surface area contributed by atoms with E-state index in [1.165, 1.54) is 33.4 Å². The summed E-state index contributed by atoms with van der Waals surface area (Å²) in [6.07, 6.45) is 1.81. The molecule has 1 aromatic heterocycles. The molecule has 268 valence electrons. The molecule has 4 amide bonds. The maximum Gasteiger partial charge on any atom is 0.329 e. The fraction of sp³-hybridized carbons (Fsp3) is 0.382. The number of benzene rings is 3. The molecule has 3 aliphatic heterocycles. The Labute approximate surface area is 291 Å². The maximum absolute atomic E-state index is 15.5. The van der Waals surface area contributed by atoms with Crippen LogP contribution in [0.2, 0.25) is 0 Å². The van der Waals surface area contributed by atoms with Gasteiger partial charge in [0, 0.05) is 48.7 Å². The van der Waals surface area contributed by atoms with E-state index in [1.54, 1.807) is 11.8 Å². The van der Waals surface area contributed by atoms with Crippen LogP contribution in [0.15, 0.2) is 47.3 Å². The van der Waals surface area contributed by atoms with Crippen molar-refractivity contribution in [3.8, 4) is 5.75 Å². The predicted octanol–water partition coefficient (Wildman–Crippen LogP) is 2.38. The highest BCUT2D eigenvalue weighted by atomic mass is 32.2. The lowest BCUT2D eigenvalue weighted by molar-refractivity contribution is -0.135. The van der Waals surface area contributed by atoms with Gasteiger partial charge in [0.1, 0.15) is 24.0 Å². The Bertz CT molecular complexity index is 2340. The van der Waals surface area contributed by atoms with Crippen molar-refractivity contribution in [1.29, 1.82) is 0 Å². The number of nitrogens with one attached hydrogen (secondary N) is 3. The van der Waals surface area contributed by atoms with Gasteiger partial charge in [-0.15, -0.1) is 0 Å². The second-order valence-electron chi connectivity index (χ2n) is 13.8. The number of amides is 4. The minimum atomic E-state index is -4.35. The van der Waals surface area contributed by atoms with Gasteiger partial charge in [-0.3, -0.25) is 33.6 Å². The number of rotatable bonds is 6. The summed E-state index contributed by atoms with van der Waals surface area (Å²) in [4.78, 5) is 64.9. The lowest BCUT2D eigenvalue weighted by Gasteiger charge is -2.40. The molecule has 0 bridgehead atoms. The number of aryl methyl sites for hydroxylation is 1. The number of imidazole rings is 1. The number of anilines is 3. The third kappa shape index (κ3) is 5.74. The van der Waals surface area contributed by atoms with Crippen LogP contribution in [0.25, 0.3) is 21.8 Å². The standard InChI is InChI=1S/C34H36FN7O8S/c1-34(2,32(47)36-20-4-6-22-18(14-20)15-26(43)30(29(22)35)41-17-28(45)38-51(41,49)50)19-10-12-40(13-11-19)21-5-7-23-25(16-21)39(3)33(48)42(23)24-8-9-27(44)37-31(24)46/h4-7,14-16,19,24,43H,8-13,17H2,1-3H3,(H,36,47)(H,38,45)(H,37,44,46). The highest BCUT2D eigenvalue weighted by Crippen LogP contribution is 2.41. The highest BCUT2D eigenvalue weighted by Gasteiger charge is 2.40. The summed E-state index contributed by atoms with van der Waals surface area (Å²) in [5.74, 6) is -3.63. The largest absolute Gasteiger partial charge is 0.506 e. The molecule has 4 aromatic rings. The minimum Gasteiger partial charge on any atom is -0.506 e. The number of halogens is 1. The van der Waals surface area contributed by atoms with Crippen LogP contribution >= 0.6 is 0 Å². The molecule has 15 nitrogen and oxygen atoms in total. The molecule has 7 rings (SSSR count).